The van der Waals surface area contributed by atoms with Crippen LogP contribution < -0.4 is 10.6 Å². The van der Waals surface area contributed by atoms with E-state index in [2.05, 4.69) is 10.6 Å². The van der Waals surface area contributed by atoms with Gasteiger partial charge in [-0.25, -0.2) is 0 Å². The Labute approximate surface area is 114 Å². The largest absolute Gasteiger partial charge is 0.355 e. The van der Waals surface area contributed by atoms with E-state index in [0.29, 0.717) is 14.8 Å². The van der Waals surface area contributed by atoms with E-state index in [0.717, 1.165) is 5.56 Å². The molecule has 0 atom stereocenters. The van der Waals surface area contributed by atoms with Crippen molar-refractivity contribution in [3.63, 3.8) is 0 Å². The van der Waals surface area contributed by atoms with Gasteiger partial charge in [-0.1, -0.05) is 36.1 Å². The van der Waals surface area contributed by atoms with Crippen LogP contribution in [-0.4, -0.2) is 23.2 Å². The van der Waals surface area contributed by atoms with Gasteiger partial charge in [0.05, 0.1) is 4.91 Å². The second kappa shape index (κ2) is 5.32. The third kappa shape index (κ3) is 2.77. The van der Waals surface area contributed by atoms with E-state index in [1.807, 2.05) is 0 Å². The normalized spacial score (nSPS) is 16.8. The van der Waals surface area contributed by atoms with Crippen LogP contribution in [0.15, 0.2) is 29.2 Å². The molecule has 1 aliphatic rings. The van der Waals surface area contributed by atoms with Crippen molar-refractivity contribution in [3.05, 3.63) is 40.3 Å². The number of thioether (sulfide) groups is 1. The minimum atomic E-state index is -0.180. The van der Waals surface area contributed by atoms with Crippen molar-refractivity contribution in [2.24, 2.45) is 0 Å². The highest BCUT2D eigenvalue weighted by Crippen LogP contribution is 2.25. The van der Waals surface area contributed by atoms with E-state index < -0.39 is 0 Å². The van der Waals surface area contributed by atoms with Crippen molar-refractivity contribution in [1.82, 2.24) is 10.6 Å². The highest BCUT2D eigenvalue weighted by Gasteiger charge is 2.21. The third-order valence-corrected chi connectivity index (χ3v) is 3.50. The molecule has 0 bridgehead atoms. The summed E-state index contributed by atoms with van der Waals surface area (Å²) in [6, 6.07) is 6.99. The number of carbonyl (C=O) groups excluding carboxylic acids is 2. The Balaban J connectivity index is 2.21. The summed E-state index contributed by atoms with van der Waals surface area (Å²) in [4.78, 5) is 23.4. The summed E-state index contributed by atoms with van der Waals surface area (Å²) in [5, 5.41) is 5.10. The molecule has 1 aliphatic heterocycles. The van der Waals surface area contributed by atoms with Gasteiger partial charge in [0.2, 0.25) is 0 Å². The Morgan fingerprint density at radius 2 is 2.06 bits per heavy atom. The lowest BCUT2D eigenvalue weighted by molar-refractivity contribution is -0.115. The molecule has 0 saturated carbocycles. The lowest BCUT2D eigenvalue weighted by Gasteiger charge is -2.00. The number of rotatable bonds is 2. The summed E-state index contributed by atoms with van der Waals surface area (Å²) in [6.45, 7) is 0. The number of benzene rings is 1. The first-order valence-corrected chi connectivity index (χ1v) is 6.39. The fourth-order valence-electron chi connectivity index (χ4n) is 1.45. The van der Waals surface area contributed by atoms with Gasteiger partial charge in [-0.05, 0) is 23.8 Å². The molecule has 0 aromatic heterocycles. The molecule has 1 heterocycles. The highest BCUT2D eigenvalue weighted by atomic mass is 32.2. The third-order valence-electron chi connectivity index (χ3n) is 2.34. The van der Waals surface area contributed by atoms with Gasteiger partial charge in [-0.3, -0.25) is 9.59 Å². The number of thiocarbonyl (C=S) groups is 1. The second-order valence-corrected chi connectivity index (χ2v) is 5.27. The Hall–Kier alpha value is -1.66. The molecule has 2 amide bonds. The van der Waals surface area contributed by atoms with Gasteiger partial charge in [-0.15, -0.1) is 0 Å². The van der Waals surface area contributed by atoms with Crippen molar-refractivity contribution in [1.29, 1.82) is 0 Å². The van der Waals surface area contributed by atoms with Crippen molar-refractivity contribution in [2.45, 2.75) is 0 Å². The van der Waals surface area contributed by atoms with Crippen LogP contribution in [0.4, 0.5) is 0 Å². The van der Waals surface area contributed by atoms with Crippen LogP contribution in [0.5, 0.6) is 0 Å². The molecule has 0 radical (unpaired) electrons. The number of hydrogen-bond donors (Lipinski definition) is 2. The van der Waals surface area contributed by atoms with Crippen molar-refractivity contribution in [3.8, 4) is 0 Å². The van der Waals surface area contributed by atoms with Gasteiger partial charge in [0, 0.05) is 12.6 Å². The summed E-state index contributed by atoms with van der Waals surface area (Å²) in [5.41, 5.74) is 1.43. The maximum atomic E-state index is 11.5. The quantitative estimate of drug-likeness (QED) is 0.636. The molecule has 2 N–H and O–H groups in total. The van der Waals surface area contributed by atoms with Gasteiger partial charge < -0.3 is 10.6 Å². The maximum Gasteiger partial charge on any atom is 0.263 e. The number of carbonyl (C=O) groups is 2. The summed E-state index contributed by atoms with van der Waals surface area (Å²) in [5.74, 6) is -0.316. The van der Waals surface area contributed by atoms with Crippen LogP contribution >= 0.6 is 24.0 Å². The van der Waals surface area contributed by atoms with Crippen molar-refractivity contribution in [2.75, 3.05) is 7.05 Å². The standard InChI is InChI=1S/C12H10N2O2S2/c1-13-10(15)8-4-2-7(3-5-8)6-9-11(16)14-12(17)18-9/h2-6H,1H3,(H,13,15)(H,14,16,17)/b9-6-. The molecule has 4 nitrogen and oxygen atoms in total. The van der Waals surface area contributed by atoms with Crippen LogP contribution in [0.1, 0.15) is 15.9 Å². The number of hydrogen-bond acceptors (Lipinski definition) is 4. The van der Waals surface area contributed by atoms with Crippen molar-refractivity contribution < 1.29 is 9.59 Å². The Morgan fingerprint density at radius 1 is 1.39 bits per heavy atom. The van der Waals surface area contributed by atoms with E-state index in [-0.39, 0.29) is 11.8 Å². The molecule has 2 rings (SSSR count). The zero-order valence-electron chi connectivity index (χ0n) is 9.52. The fraction of sp³-hybridized carbons (Fsp3) is 0.0833. The first-order chi connectivity index (χ1) is 8.60. The molecular weight excluding hydrogens is 268 g/mol. The predicted octanol–water partition coefficient (Wildman–Crippen LogP) is 1.53. The van der Waals surface area contributed by atoms with Gasteiger partial charge >= 0.3 is 0 Å². The predicted molar refractivity (Wildman–Crippen MR) is 76.1 cm³/mol. The lowest BCUT2D eigenvalue weighted by Crippen LogP contribution is -2.17. The monoisotopic (exact) mass is 278 g/mol. The smallest absolute Gasteiger partial charge is 0.263 e. The average Bonchev–Trinajstić information content (AvgIpc) is 2.68. The molecule has 0 unspecified atom stereocenters. The zero-order valence-corrected chi connectivity index (χ0v) is 11.2. The van der Waals surface area contributed by atoms with Gasteiger partial charge in [0.15, 0.2) is 0 Å². The summed E-state index contributed by atoms with van der Waals surface area (Å²) in [6.07, 6.45) is 1.74. The number of amides is 2. The van der Waals surface area contributed by atoms with Gasteiger partial charge in [0.25, 0.3) is 11.8 Å². The molecule has 0 spiro atoms. The van der Waals surface area contributed by atoms with E-state index in [4.69, 9.17) is 12.2 Å². The molecule has 1 saturated heterocycles. The van der Waals surface area contributed by atoms with Crippen LogP contribution in [0.2, 0.25) is 0 Å². The molecule has 92 valence electrons. The zero-order chi connectivity index (χ0) is 13.1. The second-order valence-electron chi connectivity index (χ2n) is 3.55. The molecule has 0 aliphatic carbocycles. The SMILES string of the molecule is CNC(=O)c1ccc(/C=C2\SC(=S)NC2=O)cc1. The summed E-state index contributed by atoms with van der Waals surface area (Å²) < 4.78 is 0.466. The van der Waals surface area contributed by atoms with Crippen LogP contribution in [0.25, 0.3) is 6.08 Å². The molecule has 1 fully saturated rings. The highest BCUT2D eigenvalue weighted by molar-refractivity contribution is 8.26. The minimum Gasteiger partial charge on any atom is -0.355 e. The Kier molecular flexibility index (Phi) is 3.78. The van der Waals surface area contributed by atoms with E-state index in [1.54, 1.807) is 37.4 Å². The van der Waals surface area contributed by atoms with Gasteiger partial charge in [-0.2, -0.15) is 0 Å². The maximum absolute atomic E-state index is 11.5. The van der Waals surface area contributed by atoms with E-state index >= 15 is 0 Å². The molecule has 18 heavy (non-hydrogen) atoms. The van der Waals surface area contributed by atoms with Crippen LogP contribution in [0, 0.1) is 0 Å². The van der Waals surface area contributed by atoms with Gasteiger partial charge in [0.1, 0.15) is 4.32 Å². The topological polar surface area (TPSA) is 58.2 Å². The summed E-state index contributed by atoms with van der Waals surface area (Å²) >= 11 is 6.13. The molecule has 1 aromatic rings. The number of nitrogens with one attached hydrogen (secondary N) is 2. The lowest BCUT2D eigenvalue weighted by atomic mass is 10.1. The van der Waals surface area contributed by atoms with E-state index in [1.165, 1.54) is 11.8 Å². The van der Waals surface area contributed by atoms with E-state index in [9.17, 15) is 9.59 Å². The average molecular weight is 278 g/mol. The molecular formula is C12H10N2O2S2. The minimum absolute atomic E-state index is 0.136. The first kappa shape index (κ1) is 12.8. The molecule has 1 aromatic carbocycles. The Morgan fingerprint density at radius 3 is 2.56 bits per heavy atom. The first-order valence-electron chi connectivity index (χ1n) is 5.17. The van der Waals surface area contributed by atoms with Crippen LogP contribution in [-0.2, 0) is 4.79 Å². The summed E-state index contributed by atoms with van der Waals surface area (Å²) in [7, 11) is 1.58. The van der Waals surface area contributed by atoms with Crippen LogP contribution in [0.3, 0.4) is 0 Å². The molecule has 6 heteroatoms. The van der Waals surface area contributed by atoms with Crippen molar-refractivity contribution >= 4 is 46.2 Å². The fourth-order valence-corrected chi connectivity index (χ4v) is 2.49. The Bertz CT molecular complexity index is 550.